The normalized spacial score (nSPS) is 33.0. The molecule has 60 valence electrons. The van der Waals surface area contributed by atoms with Gasteiger partial charge in [0.2, 0.25) is 0 Å². The number of hydrogen-bond donors (Lipinski definition) is 2. The molecule has 0 aromatic rings. The van der Waals surface area contributed by atoms with Crippen LogP contribution in [0.5, 0.6) is 0 Å². The van der Waals surface area contributed by atoms with Gasteiger partial charge in [0, 0.05) is 23.6 Å². The Bertz CT molecular complexity index is 97.6. The van der Waals surface area contributed by atoms with E-state index in [9.17, 15) is 0 Å². The highest BCUT2D eigenvalue weighted by atomic mass is 32.2. The zero-order valence-electron chi connectivity index (χ0n) is 6.68. The first-order valence-corrected chi connectivity index (χ1v) is 5.02. The Morgan fingerprint density at radius 2 is 2.10 bits per heavy atom. The Hall–Kier alpha value is 0.270. The first kappa shape index (κ1) is 8.37. The smallest absolute Gasteiger partial charge is 0.0319 e. The van der Waals surface area contributed by atoms with E-state index < -0.39 is 0 Å². The van der Waals surface area contributed by atoms with Crippen molar-refractivity contribution in [3.8, 4) is 0 Å². The van der Waals surface area contributed by atoms with Crippen molar-refractivity contribution in [2.45, 2.75) is 19.0 Å². The summed E-state index contributed by atoms with van der Waals surface area (Å²) in [4.78, 5) is 0. The monoisotopic (exact) mass is 160 g/mol. The SMILES string of the molecule is CCNC1CSCC1NC. The van der Waals surface area contributed by atoms with Gasteiger partial charge in [-0.3, -0.25) is 0 Å². The van der Waals surface area contributed by atoms with Gasteiger partial charge in [0.15, 0.2) is 0 Å². The maximum absolute atomic E-state index is 3.46. The van der Waals surface area contributed by atoms with Crippen molar-refractivity contribution in [3.63, 3.8) is 0 Å². The summed E-state index contributed by atoms with van der Waals surface area (Å²) >= 11 is 2.03. The molecule has 1 aliphatic rings. The molecule has 2 nitrogen and oxygen atoms in total. The molecule has 0 bridgehead atoms. The molecule has 3 heteroatoms. The highest BCUT2D eigenvalue weighted by Gasteiger charge is 2.24. The van der Waals surface area contributed by atoms with Crippen molar-refractivity contribution in [2.24, 2.45) is 0 Å². The predicted molar refractivity (Wildman–Crippen MR) is 47.6 cm³/mol. The predicted octanol–water partition coefficient (Wildman–Crippen LogP) is 0.299. The Labute approximate surface area is 67.1 Å². The quantitative estimate of drug-likeness (QED) is 0.621. The fourth-order valence-electron chi connectivity index (χ4n) is 1.30. The molecule has 1 aliphatic heterocycles. The van der Waals surface area contributed by atoms with Gasteiger partial charge in [0.05, 0.1) is 0 Å². The number of rotatable bonds is 3. The summed E-state index contributed by atoms with van der Waals surface area (Å²) in [6.07, 6.45) is 0. The van der Waals surface area contributed by atoms with Crippen LogP contribution in [0.2, 0.25) is 0 Å². The van der Waals surface area contributed by atoms with Crippen molar-refractivity contribution in [2.75, 3.05) is 25.1 Å². The van der Waals surface area contributed by atoms with E-state index in [1.165, 1.54) is 11.5 Å². The molecule has 1 rings (SSSR count). The van der Waals surface area contributed by atoms with Crippen LogP contribution < -0.4 is 10.6 Å². The van der Waals surface area contributed by atoms with Crippen molar-refractivity contribution < 1.29 is 0 Å². The van der Waals surface area contributed by atoms with Crippen molar-refractivity contribution in [1.82, 2.24) is 10.6 Å². The van der Waals surface area contributed by atoms with Gasteiger partial charge < -0.3 is 10.6 Å². The molecule has 0 amide bonds. The van der Waals surface area contributed by atoms with Crippen LogP contribution in [0.15, 0.2) is 0 Å². The van der Waals surface area contributed by atoms with Gasteiger partial charge >= 0.3 is 0 Å². The number of hydrogen-bond acceptors (Lipinski definition) is 3. The van der Waals surface area contributed by atoms with Crippen LogP contribution in [0.1, 0.15) is 6.92 Å². The fourth-order valence-corrected chi connectivity index (χ4v) is 2.70. The molecule has 2 unspecified atom stereocenters. The van der Waals surface area contributed by atoms with Crippen LogP contribution in [0.3, 0.4) is 0 Å². The van der Waals surface area contributed by atoms with Crippen LogP contribution in [-0.4, -0.2) is 37.2 Å². The molecule has 2 atom stereocenters. The van der Waals surface area contributed by atoms with Crippen LogP contribution in [0, 0.1) is 0 Å². The molecule has 0 radical (unpaired) electrons. The molecule has 0 saturated carbocycles. The largest absolute Gasteiger partial charge is 0.315 e. The molecule has 1 saturated heterocycles. The molecule has 0 aromatic carbocycles. The van der Waals surface area contributed by atoms with Gasteiger partial charge in [0.25, 0.3) is 0 Å². The second-order valence-corrected chi connectivity index (χ2v) is 3.67. The van der Waals surface area contributed by atoms with E-state index in [0.29, 0.717) is 12.1 Å². The standard InChI is InChI=1S/C7H16N2S/c1-3-9-7-5-10-4-6(7)8-2/h6-9H,3-5H2,1-2H3. The summed E-state index contributed by atoms with van der Waals surface area (Å²) in [6.45, 7) is 3.25. The summed E-state index contributed by atoms with van der Waals surface area (Å²) in [7, 11) is 2.04. The topological polar surface area (TPSA) is 24.1 Å². The first-order valence-electron chi connectivity index (χ1n) is 3.87. The molecule has 0 spiro atoms. The van der Waals surface area contributed by atoms with Gasteiger partial charge in [0.1, 0.15) is 0 Å². The zero-order valence-corrected chi connectivity index (χ0v) is 7.50. The van der Waals surface area contributed by atoms with Gasteiger partial charge in [-0.1, -0.05) is 6.92 Å². The van der Waals surface area contributed by atoms with Gasteiger partial charge in [-0.25, -0.2) is 0 Å². The van der Waals surface area contributed by atoms with Crippen LogP contribution >= 0.6 is 11.8 Å². The maximum atomic E-state index is 3.46. The summed E-state index contributed by atoms with van der Waals surface area (Å²) in [5.41, 5.74) is 0. The second-order valence-electron chi connectivity index (χ2n) is 2.60. The third kappa shape index (κ3) is 1.87. The highest BCUT2D eigenvalue weighted by Crippen LogP contribution is 2.17. The minimum atomic E-state index is 0.685. The van der Waals surface area contributed by atoms with E-state index in [1.807, 2.05) is 18.8 Å². The lowest BCUT2D eigenvalue weighted by molar-refractivity contribution is 0.466. The Morgan fingerprint density at radius 1 is 1.40 bits per heavy atom. The molecule has 0 aliphatic carbocycles. The van der Waals surface area contributed by atoms with E-state index in [4.69, 9.17) is 0 Å². The second kappa shape index (κ2) is 4.21. The lowest BCUT2D eigenvalue weighted by atomic mass is 10.2. The lowest BCUT2D eigenvalue weighted by Crippen LogP contribution is -2.45. The zero-order chi connectivity index (χ0) is 7.40. The van der Waals surface area contributed by atoms with E-state index in [2.05, 4.69) is 17.6 Å². The molecule has 10 heavy (non-hydrogen) atoms. The van der Waals surface area contributed by atoms with Crippen LogP contribution in [0.25, 0.3) is 0 Å². The third-order valence-corrected chi connectivity index (χ3v) is 3.11. The van der Waals surface area contributed by atoms with E-state index in [-0.39, 0.29) is 0 Å². The van der Waals surface area contributed by atoms with Crippen molar-refractivity contribution in [1.29, 1.82) is 0 Å². The average Bonchev–Trinajstić information content (AvgIpc) is 2.36. The summed E-state index contributed by atoms with van der Waals surface area (Å²) in [5, 5.41) is 6.78. The third-order valence-electron chi connectivity index (χ3n) is 1.92. The molecule has 0 aromatic heterocycles. The fraction of sp³-hybridized carbons (Fsp3) is 1.00. The molecular formula is C7H16N2S. The van der Waals surface area contributed by atoms with Crippen molar-refractivity contribution >= 4 is 11.8 Å². The summed E-state index contributed by atoms with van der Waals surface area (Å²) in [5.74, 6) is 2.52. The number of thioether (sulfide) groups is 1. The summed E-state index contributed by atoms with van der Waals surface area (Å²) in [6, 6.07) is 1.38. The first-order chi connectivity index (χ1) is 4.88. The highest BCUT2D eigenvalue weighted by molar-refractivity contribution is 7.99. The van der Waals surface area contributed by atoms with Crippen LogP contribution in [0.4, 0.5) is 0 Å². The number of nitrogens with one attached hydrogen (secondary N) is 2. The lowest BCUT2D eigenvalue weighted by Gasteiger charge is -2.17. The molecule has 1 heterocycles. The maximum Gasteiger partial charge on any atom is 0.0319 e. The Morgan fingerprint density at radius 3 is 2.70 bits per heavy atom. The minimum Gasteiger partial charge on any atom is -0.315 e. The molecule has 2 N–H and O–H groups in total. The number of likely N-dealkylation sites (N-methyl/N-ethyl adjacent to an activating group) is 2. The van der Waals surface area contributed by atoms with E-state index in [1.54, 1.807) is 0 Å². The minimum absolute atomic E-state index is 0.685. The van der Waals surface area contributed by atoms with E-state index >= 15 is 0 Å². The Balaban J connectivity index is 2.27. The average molecular weight is 160 g/mol. The van der Waals surface area contributed by atoms with Crippen molar-refractivity contribution in [3.05, 3.63) is 0 Å². The molecule has 1 fully saturated rings. The molecular weight excluding hydrogens is 144 g/mol. The van der Waals surface area contributed by atoms with Gasteiger partial charge in [-0.15, -0.1) is 0 Å². The van der Waals surface area contributed by atoms with Crippen LogP contribution in [-0.2, 0) is 0 Å². The Kier molecular flexibility index (Phi) is 3.52. The van der Waals surface area contributed by atoms with Gasteiger partial charge in [-0.05, 0) is 13.6 Å². The van der Waals surface area contributed by atoms with E-state index in [0.717, 1.165) is 6.54 Å². The van der Waals surface area contributed by atoms with Gasteiger partial charge in [-0.2, -0.15) is 11.8 Å². The summed E-state index contributed by atoms with van der Waals surface area (Å²) < 4.78 is 0.